The summed E-state index contributed by atoms with van der Waals surface area (Å²) in [6.07, 6.45) is 0. The molecule has 0 unspecified atom stereocenters. The van der Waals surface area contributed by atoms with E-state index in [1.54, 1.807) is 24.1 Å². The van der Waals surface area contributed by atoms with Crippen molar-refractivity contribution in [3.8, 4) is 0 Å². The van der Waals surface area contributed by atoms with Gasteiger partial charge in [-0.1, -0.05) is 28.1 Å². The Kier molecular flexibility index (Phi) is 6.18. The Labute approximate surface area is 122 Å². The Bertz CT molecular complexity index is 443. The van der Waals surface area contributed by atoms with Crippen molar-refractivity contribution >= 4 is 27.6 Å². The van der Waals surface area contributed by atoms with Crippen molar-refractivity contribution in [1.29, 1.82) is 0 Å². The highest BCUT2D eigenvalue weighted by atomic mass is 79.9. The maximum Gasteiger partial charge on any atom is 0.234 e. The van der Waals surface area contributed by atoms with Crippen LogP contribution in [0.3, 0.4) is 0 Å². The van der Waals surface area contributed by atoms with Crippen LogP contribution in [-0.4, -0.2) is 42.8 Å². The van der Waals surface area contributed by atoms with E-state index in [-0.39, 0.29) is 30.8 Å². The van der Waals surface area contributed by atoms with E-state index in [0.717, 1.165) is 4.47 Å². The molecule has 5 heteroatoms. The van der Waals surface area contributed by atoms with Crippen LogP contribution in [0.15, 0.2) is 28.7 Å². The standard InChI is InChI=1S/C14H19BrN2O2/c1-10(2)16-14(19)9-17(3)8-13(18)11-4-6-12(15)7-5-11/h4-7,10H,8-9H2,1-3H3,(H,16,19). The summed E-state index contributed by atoms with van der Waals surface area (Å²) >= 11 is 3.33. The molecule has 0 fully saturated rings. The normalized spacial score (nSPS) is 10.8. The Morgan fingerprint density at radius 2 is 1.79 bits per heavy atom. The van der Waals surface area contributed by atoms with Gasteiger partial charge in [-0.3, -0.25) is 14.5 Å². The third kappa shape index (κ3) is 5.98. The maximum atomic E-state index is 12.0. The number of ketones is 1. The van der Waals surface area contributed by atoms with Gasteiger partial charge in [0.25, 0.3) is 0 Å². The number of halogens is 1. The molecule has 0 saturated heterocycles. The van der Waals surface area contributed by atoms with Gasteiger partial charge < -0.3 is 5.32 Å². The number of rotatable bonds is 6. The number of hydrogen-bond donors (Lipinski definition) is 1. The first-order valence-corrected chi connectivity index (χ1v) is 6.94. The van der Waals surface area contributed by atoms with Crippen LogP contribution in [0.25, 0.3) is 0 Å². The van der Waals surface area contributed by atoms with Gasteiger partial charge >= 0.3 is 0 Å². The third-order valence-corrected chi connectivity index (χ3v) is 2.97. The summed E-state index contributed by atoms with van der Waals surface area (Å²) in [5, 5.41) is 2.80. The quantitative estimate of drug-likeness (QED) is 0.814. The van der Waals surface area contributed by atoms with Crippen LogP contribution >= 0.6 is 15.9 Å². The van der Waals surface area contributed by atoms with E-state index in [9.17, 15) is 9.59 Å². The monoisotopic (exact) mass is 326 g/mol. The molecular weight excluding hydrogens is 308 g/mol. The zero-order valence-electron chi connectivity index (χ0n) is 11.4. The average molecular weight is 327 g/mol. The second-order valence-corrected chi connectivity index (χ2v) is 5.74. The topological polar surface area (TPSA) is 49.4 Å². The van der Waals surface area contributed by atoms with Crippen LogP contribution < -0.4 is 5.32 Å². The molecule has 0 heterocycles. The Balaban J connectivity index is 2.48. The van der Waals surface area contributed by atoms with Crippen LogP contribution in [0, 0.1) is 0 Å². The van der Waals surface area contributed by atoms with E-state index in [2.05, 4.69) is 21.2 Å². The molecule has 0 aliphatic rings. The van der Waals surface area contributed by atoms with Crippen LogP contribution in [0.2, 0.25) is 0 Å². The van der Waals surface area contributed by atoms with Gasteiger partial charge in [0.15, 0.2) is 5.78 Å². The number of nitrogens with zero attached hydrogens (tertiary/aromatic N) is 1. The minimum atomic E-state index is -0.0684. The Morgan fingerprint density at radius 1 is 1.21 bits per heavy atom. The first-order chi connectivity index (χ1) is 8.88. The van der Waals surface area contributed by atoms with E-state index in [1.807, 2.05) is 26.0 Å². The molecule has 104 valence electrons. The Hall–Kier alpha value is -1.20. The molecule has 0 spiro atoms. The Morgan fingerprint density at radius 3 is 2.32 bits per heavy atom. The first-order valence-electron chi connectivity index (χ1n) is 6.15. The fraction of sp³-hybridized carbons (Fsp3) is 0.429. The van der Waals surface area contributed by atoms with Gasteiger partial charge in [0.1, 0.15) is 0 Å². The third-order valence-electron chi connectivity index (χ3n) is 2.44. The minimum Gasteiger partial charge on any atom is -0.353 e. The van der Waals surface area contributed by atoms with Gasteiger partial charge in [-0.15, -0.1) is 0 Å². The molecule has 1 N–H and O–H groups in total. The van der Waals surface area contributed by atoms with Crippen molar-refractivity contribution in [1.82, 2.24) is 10.2 Å². The highest BCUT2D eigenvalue weighted by molar-refractivity contribution is 9.10. The highest BCUT2D eigenvalue weighted by Crippen LogP contribution is 2.11. The second kappa shape index (κ2) is 7.40. The number of likely N-dealkylation sites (N-methyl/N-ethyl adjacent to an activating group) is 1. The molecule has 0 aliphatic heterocycles. The first kappa shape index (κ1) is 15.9. The fourth-order valence-corrected chi connectivity index (χ4v) is 1.91. The minimum absolute atomic E-state index is 0.00680. The molecule has 0 bridgehead atoms. The molecular formula is C14H19BrN2O2. The molecule has 1 aromatic carbocycles. The second-order valence-electron chi connectivity index (χ2n) is 4.82. The van der Waals surface area contributed by atoms with Gasteiger partial charge in [0.05, 0.1) is 13.1 Å². The summed E-state index contributed by atoms with van der Waals surface area (Å²) in [5.74, 6) is -0.0616. The number of amides is 1. The molecule has 19 heavy (non-hydrogen) atoms. The molecule has 1 aromatic rings. The van der Waals surface area contributed by atoms with E-state index < -0.39 is 0 Å². The van der Waals surface area contributed by atoms with E-state index in [1.165, 1.54) is 0 Å². The molecule has 0 aromatic heterocycles. The lowest BCUT2D eigenvalue weighted by atomic mass is 10.1. The van der Waals surface area contributed by atoms with Crippen molar-refractivity contribution in [3.05, 3.63) is 34.3 Å². The van der Waals surface area contributed by atoms with Crippen LogP contribution in [-0.2, 0) is 4.79 Å². The number of carbonyl (C=O) groups excluding carboxylic acids is 2. The van der Waals surface area contributed by atoms with Crippen molar-refractivity contribution < 1.29 is 9.59 Å². The molecule has 0 saturated carbocycles. The lowest BCUT2D eigenvalue weighted by molar-refractivity contribution is -0.122. The summed E-state index contributed by atoms with van der Waals surface area (Å²) in [7, 11) is 1.76. The summed E-state index contributed by atoms with van der Waals surface area (Å²) in [5.41, 5.74) is 0.652. The van der Waals surface area contributed by atoms with E-state index in [0.29, 0.717) is 5.56 Å². The van der Waals surface area contributed by atoms with Crippen molar-refractivity contribution in [2.24, 2.45) is 0 Å². The van der Waals surface area contributed by atoms with E-state index >= 15 is 0 Å². The number of nitrogens with one attached hydrogen (secondary N) is 1. The largest absolute Gasteiger partial charge is 0.353 e. The fourth-order valence-electron chi connectivity index (χ4n) is 1.64. The number of hydrogen-bond acceptors (Lipinski definition) is 3. The van der Waals surface area contributed by atoms with Gasteiger partial charge in [-0.05, 0) is 33.0 Å². The summed E-state index contributed by atoms with van der Waals surface area (Å²) in [4.78, 5) is 25.2. The van der Waals surface area contributed by atoms with Crippen LogP contribution in [0.5, 0.6) is 0 Å². The number of Topliss-reactive ketones (excluding diaryl/α,β-unsaturated/α-hetero) is 1. The molecule has 0 aliphatic carbocycles. The zero-order chi connectivity index (χ0) is 14.4. The van der Waals surface area contributed by atoms with Gasteiger partial charge in [-0.2, -0.15) is 0 Å². The predicted octanol–water partition coefficient (Wildman–Crippen LogP) is 2.09. The van der Waals surface area contributed by atoms with Crippen molar-refractivity contribution in [3.63, 3.8) is 0 Å². The zero-order valence-corrected chi connectivity index (χ0v) is 13.0. The smallest absolute Gasteiger partial charge is 0.234 e. The summed E-state index contributed by atoms with van der Waals surface area (Å²) in [6, 6.07) is 7.32. The average Bonchev–Trinajstić information content (AvgIpc) is 2.27. The molecule has 1 rings (SSSR count). The lowest BCUT2D eigenvalue weighted by Gasteiger charge is -2.16. The van der Waals surface area contributed by atoms with Gasteiger partial charge in [0.2, 0.25) is 5.91 Å². The van der Waals surface area contributed by atoms with Crippen molar-refractivity contribution in [2.75, 3.05) is 20.1 Å². The maximum absolute atomic E-state index is 12.0. The molecule has 0 atom stereocenters. The van der Waals surface area contributed by atoms with E-state index in [4.69, 9.17) is 0 Å². The molecule has 4 nitrogen and oxygen atoms in total. The highest BCUT2D eigenvalue weighted by Gasteiger charge is 2.12. The number of benzene rings is 1. The van der Waals surface area contributed by atoms with Crippen LogP contribution in [0.1, 0.15) is 24.2 Å². The summed E-state index contributed by atoms with van der Waals surface area (Å²) in [6.45, 7) is 4.27. The molecule has 0 radical (unpaired) electrons. The SMILES string of the molecule is CC(C)NC(=O)CN(C)CC(=O)c1ccc(Br)cc1. The lowest BCUT2D eigenvalue weighted by Crippen LogP contribution is -2.40. The summed E-state index contributed by atoms with van der Waals surface area (Å²) < 4.78 is 0.939. The van der Waals surface area contributed by atoms with Crippen LogP contribution in [0.4, 0.5) is 0 Å². The predicted molar refractivity (Wildman–Crippen MR) is 79.2 cm³/mol. The molecule has 1 amide bonds. The van der Waals surface area contributed by atoms with Crippen molar-refractivity contribution in [2.45, 2.75) is 19.9 Å². The number of carbonyl (C=O) groups is 2. The van der Waals surface area contributed by atoms with Gasteiger partial charge in [-0.25, -0.2) is 0 Å². The van der Waals surface area contributed by atoms with Gasteiger partial charge in [0, 0.05) is 16.1 Å².